The lowest BCUT2D eigenvalue weighted by atomic mass is 9.89. The van der Waals surface area contributed by atoms with Gasteiger partial charge in [0.05, 0.1) is 0 Å². The molecule has 0 saturated carbocycles. The highest BCUT2D eigenvalue weighted by Crippen LogP contribution is 2.21. The number of hydrogen-bond acceptors (Lipinski definition) is 1. The van der Waals surface area contributed by atoms with Gasteiger partial charge in [0.15, 0.2) is 11.6 Å². The van der Waals surface area contributed by atoms with Crippen molar-refractivity contribution in [2.24, 2.45) is 5.92 Å². The standard InChI is InChI=1S/C18H29F2N/c1-4-7-8-14(5-2)11-16(21-6-3)12-15-9-10-17(19)18(20)13-15/h9-10,13-14,16,21H,4-8,11-12H2,1-3H3. The van der Waals surface area contributed by atoms with Gasteiger partial charge >= 0.3 is 0 Å². The SMILES string of the molecule is CCCCC(CC)CC(Cc1ccc(F)c(F)c1)NCC. The van der Waals surface area contributed by atoms with Crippen molar-refractivity contribution in [1.82, 2.24) is 5.32 Å². The summed E-state index contributed by atoms with van der Waals surface area (Å²) in [7, 11) is 0. The quantitative estimate of drug-likeness (QED) is 0.634. The molecule has 0 aliphatic carbocycles. The van der Waals surface area contributed by atoms with Gasteiger partial charge in [-0.3, -0.25) is 0 Å². The summed E-state index contributed by atoms with van der Waals surface area (Å²) in [5, 5.41) is 3.49. The van der Waals surface area contributed by atoms with E-state index in [-0.39, 0.29) is 0 Å². The second kappa shape index (κ2) is 9.88. The molecule has 1 N–H and O–H groups in total. The summed E-state index contributed by atoms with van der Waals surface area (Å²) in [6.45, 7) is 7.44. The van der Waals surface area contributed by atoms with Crippen LogP contribution in [-0.2, 0) is 6.42 Å². The number of benzene rings is 1. The monoisotopic (exact) mass is 297 g/mol. The molecular formula is C18H29F2N. The van der Waals surface area contributed by atoms with Gasteiger partial charge in [0, 0.05) is 6.04 Å². The van der Waals surface area contributed by atoms with Gasteiger partial charge in [-0.25, -0.2) is 8.78 Å². The molecule has 2 unspecified atom stereocenters. The number of hydrogen-bond donors (Lipinski definition) is 1. The van der Waals surface area contributed by atoms with Crippen molar-refractivity contribution in [3.63, 3.8) is 0 Å². The first-order valence-electron chi connectivity index (χ1n) is 8.27. The van der Waals surface area contributed by atoms with Gasteiger partial charge in [0.25, 0.3) is 0 Å². The highest BCUT2D eigenvalue weighted by Gasteiger charge is 2.15. The minimum Gasteiger partial charge on any atom is -0.314 e. The minimum atomic E-state index is -0.770. The van der Waals surface area contributed by atoms with Crippen LogP contribution in [0.1, 0.15) is 58.4 Å². The summed E-state index contributed by atoms with van der Waals surface area (Å²) in [5.41, 5.74) is 0.866. The van der Waals surface area contributed by atoms with E-state index in [9.17, 15) is 8.78 Å². The minimum absolute atomic E-state index is 0.335. The van der Waals surface area contributed by atoms with Gasteiger partial charge in [0.2, 0.25) is 0 Å². The Morgan fingerprint density at radius 2 is 1.86 bits per heavy atom. The van der Waals surface area contributed by atoms with Crippen LogP contribution in [0.3, 0.4) is 0 Å². The first kappa shape index (κ1) is 18.1. The maximum Gasteiger partial charge on any atom is 0.159 e. The lowest BCUT2D eigenvalue weighted by Crippen LogP contribution is -2.33. The van der Waals surface area contributed by atoms with Gasteiger partial charge in [-0.15, -0.1) is 0 Å². The molecule has 0 fully saturated rings. The van der Waals surface area contributed by atoms with Crippen molar-refractivity contribution < 1.29 is 8.78 Å². The highest BCUT2D eigenvalue weighted by atomic mass is 19.2. The molecule has 0 bridgehead atoms. The van der Waals surface area contributed by atoms with Crippen LogP contribution < -0.4 is 5.32 Å². The Balaban J connectivity index is 2.64. The van der Waals surface area contributed by atoms with Crippen LogP contribution in [0.4, 0.5) is 8.78 Å². The van der Waals surface area contributed by atoms with Crippen LogP contribution in [0.25, 0.3) is 0 Å². The molecule has 0 amide bonds. The van der Waals surface area contributed by atoms with Crippen molar-refractivity contribution in [1.29, 1.82) is 0 Å². The van der Waals surface area contributed by atoms with Crippen LogP contribution in [0.2, 0.25) is 0 Å². The van der Waals surface area contributed by atoms with E-state index in [1.807, 2.05) is 0 Å². The third kappa shape index (κ3) is 6.56. The second-order valence-electron chi connectivity index (χ2n) is 5.86. The smallest absolute Gasteiger partial charge is 0.159 e. The molecular weight excluding hydrogens is 268 g/mol. The van der Waals surface area contributed by atoms with Crippen molar-refractivity contribution in [3.8, 4) is 0 Å². The molecule has 120 valence electrons. The first-order valence-corrected chi connectivity index (χ1v) is 8.27. The van der Waals surface area contributed by atoms with Crippen molar-refractivity contribution in [2.75, 3.05) is 6.54 Å². The van der Waals surface area contributed by atoms with Crippen LogP contribution in [0.5, 0.6) is 0 Å². The molecule has 2 atom stereocenters. The maximum atomic E-state index is 13.3. The Morgan fingerprint density at radius 3 is 2.43 bits per heavy atom. The van der Waals surface area contributed by atoms with Gasteiger partial charge < -0.3 is 5.32 Å². The molecule has 0 aromatic heterocycles. The molecule has 1 rings (SSSR count). The van der Waals surface area contributed by atoms with E-state index in [2.05, 4.69) is 26.1 Å². The molecule has 1 aromatic rings. The Kier molecular flexibility index (Phi) is 8.51. The second-order valence-corrected chi connectivity index (χ2v) is 5.86. The van der Waals surface area contributed by atoms with E-state index in [0.717, 1.165) is 24.9 Å². The van der Waals surface area contributed by atoms with Crippen LogP contribution in [0, 0.1) is 17.6 Å². The molecule has 0 heterocycles. The van der Waals surface area contributed by atoms with E-state index in [4.69, 9.17) is 0 Å². The average Bonchev–Trinajstić information content (AvgIpc) is 2.47. The fourth-order valence-corrected chi connectivity index (χ4v) is 2.86. The first-order chi connectivity index (χ1) is 10.1. The molecule has 1 nitrogen and oxygen atoms in total. The highest BCUT2D eigenvalue weighted by molar-refractivity contribution is 5.18. The molecule has 1 aromatic carbocycles. The molecule has 0 saturated heterocycles. The Bertz CT molecular complexity index is 406. The lowest BCUT2D eigenvalue weighted by molar-refractivity contribution is 0.350. The summed E-state index contributed by atoms with van der Waals surface area (Å²) in [6.07, 6.45) is 6.79. The van der Waals surface area contributed by atoms with Gasteiger partial charge in [-0.1, -0.05) is 52.5 Å². The predicted molar refractivity (Wildman–Crippen MR) is 85.4 cm³/mol. The van der Waals surface area contributed by atoms with Crippen molar-refractivity contribution in [2.45, 2.75) is 65.3 Å². The normalized spacial score (nSPS) is 14.1. The Morgan fingerprint density at radius 1 is 1.10 bits per heavy atom. The summed E-state index contributed by atoms with van der Waals surface area (Å²) >= 11 is 0. The maximum absolute atomic E-state index is 13.3. The Labute approximate surface area is 128 Å². The van der Waals surface area contributed by atoms with E-state index in [1.54, 1.807) is 6.07 Å². The summed E-state index contributed by atoms with van der Waals surface area (Å²) in [4.78, 5) is 0. The van der Waals surface area contributed by atoms with Crippen molar-refractivity contribution >= 4 is 0 Å². The Hall–Kier alpha value is -0.960. The van der Waals surface area contributed by atoms with Gasteiger partial charge in [-0.05, 0) is 43.0 Å². The van der Waals surface area contributed by atoms with Crippen LogP contribution in [-0.4, -0.2) is 12.6 Å². The summed E-state index contributed by atoms with van der Waals surface area (Å²) in [5.74, 6) is -0.812. The fourth-order valence-electron chi connectivity index (χ4n) is 2.86. The average molecular weight is 297 g/mol. The van der Waals surface area contributed by atoms with Crippen LogP contribution >= 0.6 is 0 Å². The number of likely N-dealkylation sites (N-methyl/N-ethyl adjacent to an activating group) is 1. The molecule has 0 aliphatic heterocycles. The molecule has 0 radical (unpaired) electrons. The number of unbranched alkanes of at least 4 members (excludes halogenated alkanes) is 1. The molecule has 0 spiro atoms. The zero-order valence-electron chi connectivity index (χ0n) is 13.6. The third-order valence-electron chi connectivity index (χ3n) is 4.12. The van der Waals surface area contributed by atoms with Gasteiger partial charge in [0.1, 0.15) is 0 Å². The number of rotatable bonds is 10. The third-order valence-corrected chi connectivity index (χ3v) is 4.12. The largest absolute Gasteiger partial charge is 0.314 e. The zero-order chi connectivity index (χ0) is 15.7. The van der Waals surface area contributed by atoms with Crippen LogP contribution in [0.15, 0.2) is 18.2 Å². The van der Waals surface area contributed by atoms with Gasteiger partial charge in [-0.2, -0.15) is 0 Å². The predicted octanol–water partition coefficient (Wildman–Crippen LogP) is 5.09. The van der Waals surface area contributed by atoms with E-state index in [0.29, 0.717) is 12.0 Å². The summed E-state index contributed by atoms with van der Waals surface area (Å²) < 4.78 is 26.3. The lowest BCUT2D eigenvalue weighted by Gasteiger charge is -2.23. The van der Waals surface area contributed by atoms with E-state index >= 15 is 0 Å². The number of nitrogens with one attached hydrogen (secondary N) is 1. The molecule has 0 aliphatic rings. The summed E-state index contributed by atoms with van der Waals surface area (Å²) in [6, 6.07) is 4.58. The topological polar surface area (TPSA) is 12.0 Å². The van der Waals surface area contributed by atoms with E-state index < -0.39 is 11.6 Å². The molecule has 21 heavy (non-hydrogen) atoms. The molecule has 3 heteroatoms. The zero-order valence-corrected chi connectivity index (χ0v) is 13.6. The fraction of sp³-hybridized carbons (Fsp3) is 0.667. The van der Waals surface area contributed by atoms with E-state index in [1.165, 1.54) is 37.8 Å². The van der Waals surface area contributed by atoms with Crippen molar-refractivity contribution in [3.05, 3.63) is 35.4 Å². The number of halogens is 2.